The number of rotatable bonds is 7. The molecule has 3 aromatic heterocycles. The number of ether oxygens (including phenoxy) is 1. The van der Waals surface area contributed by atoms with Gasteiger partial charge in [0.1, 0.15) is 5.52 Å². The third-order valence-corrected chi connectivity index (χ3v) is 6.13. The predicted molar refractivity (Wildman–Crippen MR) is 124 cm³/mol. The van der Waals surface area contributed by atoms with E-state index in [0.29, 0.717) is 18.6 Å². The lowest BCUT2D eigenvalue weighted by atomic mass is 9.92. The Morgan fingerprint density at radius 1 is 1.19 bits per heavy atom. The summed E-state index contributed by atoms with van der Waals surface area (Å²) in [6, 6.07) is 6.69. The van der Waals surface area contributed by atoms with Gasteiger partial charge in [0.25, 0.3) is 0 Å². The summed E-state index contributed by atoms with van der Waals surface area (Å²) in [6.45, 7) is 9.70. The van der Waals surface area contributed by atoms with Gasteiger partial charge in [-0.25, -0.2) is 9.97 Å². The van der Waals surface area contributed by atoms with Crippen molar-refractivity contribution in [1.29, 1.82) is 0 Å². The van der Waals surface area contributed by atoms with Crippen molar-refractivity contribution in [1.82, 2.24) is 24.7 Å². The van der Waals surface area contributed by atoms with Gasteiger partial charge in [0.2, 0.25) is 0 Å². The molecule has 0 aliphatic carbocycles. The highest BCUT2D eigenvalue weighted by Gasteiger charge is 2.25. The molecule has 1 aliphatic heterocycles. The highest BCUT2D eigenvalue weighted by molar-refractivity contribution is 5.87. The lowest BCUT2D eigenvalue weighted by Crippen LogP contribution is -2.34. The summed E-state index contributed by atoms with van der Waals surface area (Å²) < 4.78 is 7.53. The molecule has 1 aliphatic rings. The molecule has 0 saturated carbocycles. The molecule has 4 rings (SSSR count). The first-order chi connectivity index (χ1) is 15.0. The summed E-state index contributed by atoms with van der Waals surface area (Å²) in [5.74, 6) is 2.32. The maximum atomic E-state index is 5.29. The number of aromatic nitrogens is 5. The fraction of sp³-hybridized carbons (Fsp3) is 0.565. The fourth-order valence-electron chi connectivity index (χ4n) is 4.22. The standard InChI is InChI=1S/C23H33N7O/c1-16(2)30-15-24-22-20(30)14-19(25-23(22)28(4)12-13-31-5)18-8-10-29(11-9-18)21-7-6-17(3)26-27-21/h6-7,14-16,18H,8-13H2,1-5H3. The van der Waals surface area contributed by atoms with Crippen molar-refractivity contribution in [3.8, 4) is 0 Å². The van der Waals surface area contributed by atoms with E-state index in [2.05, 4.69) is 57.6 Å². The molecule has 0 amide bonds. The minimum Gasteiger partial charge on any atom is -0.383 e. The molecule has 1 fully saturated rings. The van der Waals surface area contributed by atoms with Crippen LogP contribution in [0.3, 0.4) is 0 Å². The van der Waals surface area contributed by atoms with Crippen LogP contribution in [0.2, 0.25) is 0 Å². The van der Waals surface area contributed by atoms with Gasteiger partial charge in [0, 0.05) is 51.4 Å². The number of imidazole rings is 1. The quantitative estimate of drug-likeness (QED) is 0.575. The van der Waals surface area contributed by atoms with Crippen LogP contribution in [0.25, 0.3) is 11.0 Å². The highest BCUT2D eigenvalue weighted by Crippen LogP contribution is 2.34. The van der Waals surface area contributed by atoms with E-state index in [4.69, 9.17) is 14.7 Å². The molecule has 8 heteroatoms. The van der Waals surface area contributed by atoms with Crippen molar-refractivity contribution in [3.63, 3.8) is 0 Å². The number of piperidine rings is 1. The maximum Gasteiger partial charge on any atom is 0.156 e. The Bertz CT molecular complexity index is 1010. The monoisotopic (exact) mass is 423 g/mol. The number of methoxy groups -OCH3 is 1. The Kier molecular flexibility index (Phi) is 6.36. The van der Waals surface area contributed by atoms with Gasteiger partial charge in [-0.15, -0.1) is 5.10 Å². The van der Waals surface area contributed by atoms with Gasteiger partial charge in [-0.1, -0.05) is 0 Å². The van der Waals surface area contributed by atoms with Gasteiger partial charge in [0.05, 0.1) is 24.1 Å². The summed E-state index contributed by atoms with van der Waals surface area (Å²) in [4.78, 5) is 14.3. The number of nitrogens with zero attached hydrogens (tertiary/aromatic N) is 7. The van der Waals surface area contributed by atoms with E-state index in [9.17, 15) is 0 Å². The van der Waals surface area contributed by atoms with Gasteiger partial charge in [0.15, 0.2) is 11.6 Å². The average Bonchev–Trinajstić information content (AvgIpc) is 3.22. The van der Waals surface area contributed by atoms with Crippen molar-refractivity contribution in [2.45, 2.75) is 45.6 Å². The lowest BCUT2D eigenvalue weighted by Gasteiger charge is -2.32. The van der Waals surface area contributed by atoms with E-state index < -0.39 is 0 Å². The van der Waals surface area contributed by atoms with E-state index in [1.54, 1.807) is 7.11 Å². The van der Waals surface area contributed by atoms with Crippen LogP contribution in [0, 0.1) is 6.92 Å². The van der Waals surface area contributed by atoms with Crippen LogP contribution < -0.4 is 9.80 Å². The molecule has 4 heterocycles. The van der Waals surface area contributed by atoms with Crippen molar-refractivity contribution < 1.29 is 4.74 Å². The zero-order valence-corrected chi connectivity index (χ0v) is 19.2. The molecular weight excluding hydrogens is 390 g/mol. The molecule has 0 unspecified atom stereocenters. The molecule has 0 bridgehead atoms. The first kappa shape index (κ1) is 21.5. The number of anilines is 2. The van der Waals surface area contributed by atoms with E-state index in [1.165, 1.54) is 0 Å². The second kappa shape index (κ2) is 9.18. The molecular formula is C23H33N7O. The number of hydrogen-bond acceptors (Lipinski definition) is 7. The predicted octanol–water partition coefficient (Wildman–Crippen LogP) is 3.58. The third-order valence-electron chi connectivity index (χ3n) is 6.13. The second-order valence-corrected chi connectivity index (χ2v) is 8.69. The van der Waals surface area contributed by atoms with Gasteiger partial charge >= 0.3 is 0 Å². The Labute approximate surface area is 184 Å². The summed E-state index contributed by atoms with van der Waals surface area (Å²) in [5.41, 5.74) is 4.22. The molecule has 1 saturated heterocycles. The molecule has 0 aromatic carbocycles. The van der Waals surface area contributed by atoms with Crippen molar-refractivity contribution in [3.05, 3.63) is 35.9 Å². The molecule has 0 N–H and O–H groups in total. The van der Waals surface area contributed by atoms with Gasteiger partial charge in [-0.05, 0) is 51.8 Å². The van der Waals surface area contributed by atoms with Crippen molar-refractivity contribution in [2.75, 3.05) is 50.2 Å². The first-order valence-corrected chi connectivity index (χ1v) is 11.1. The van der Waals surface area contributed by atoms with Crippen molar-refractivity contribution >= 4 is 22.7 Å². The van der Waals surface area contributed by atoms with Crippen LogP contribution in [0.4, 0.5) is 11.6 Å². The highest BCUT2D eigenvalue weighted by atomic mass is 16.5. The smallest absolute Gasteiger partial charge is 0.156 e. The Hall–Kier alpha value is -2.74. The number of pyridine rings is 1. The Morgan fingerprint density at radius 3 is 2.61 bits per heavy atom. The minimum absolute atomic E-state index is 0.347. The zero-order valence-electron chi connectivity index (χ0n) is 19.2. The fourth-order valence-corrected chi connectivity index (χ4v) is 4.22. The number of hydrogen-bond donors (Lipinski definition) is 0. The molecule has 8 nitrogen and oxygen atoms in total. The number of likely N-dealkylation sites (N-methyl/N-ethyl adjacent to an activating group) is 1. The molecule has 3 aromatic rings. The number of fused-ring (bicyclic) bond motifs is 1. The largest absolute Gasteiger partial charge is 0.383 e. The summed E-state index contributed by atoms with van der Waals surface area (Å²) >= 11 is 0. The topological polar surface area (TPSA) is 72.2 Å². The normalized spacial score (nSPS) is 15.2. The first-order valence-electron chi connectivity index (χ1n) is 11.1. The second-order valence-electron chi connectivity index (χ2n) is 8.69. The van der Waals surface area contributed by atoms with Crippen LogP contribution in [0.15, 0.2) is 24.5 Å². The number of aryl methyl sites for hydroxylation is 1. The average molecular weight is 424 g/mol. The molecule has 0 atom stereocenters. The Morgan fingerprint density at radius 2 is 1.97 bits per heavy atom. The Balaban J connectivity index is 1.61. The van der Waals surface area contributed by atoms with Gasteiger partial charge in [-0.2, -0.15) is 5.10 Å². The van der Waals surface area contributed by atoms with Crippen LogP contribution in [0.5, 0.6) is 0 Å². The van der Waals surface area contributed by atoms with Crippen LogP contribution in [-0.4, -0.2) is 65.1 Å². The molecule has 166 valence electrons. The summed E-state index contributed by atoms with van der Waals surface area (Å²) in [7, 11) is 3.80. The lowest BCUT2D eigenvalue weighted by molar-refractivity contribution is 0.206. The molecule has 0 spiro atoms. The minimum atomic E-state index is 0.347. The maximum absolute atomic E-state index is 5.29. The molecule has 0 radical (unpaired) electrons. The van der Waals surface area contributed by atoms with E-state index in [-0.39, 0.29) is 0 Å². The van der Waals surface area contributed by atoms with E-state index >= 15 is 0 Å². The van der Waals surface area contributed by atoms with Crippen LogP contribution in [-0.2, 0) is 4.74 Å². The third kappa shape index (κ3) is 4.49. The zero-order chi connectivity index (χ0) is 22.0. The summed E-state index contributed by atoms with van der Waals surface area (Å²) in [5, 5.41) is 8.57. The molecule has 31 heavy (non-hydrogen) atoms. The van der Waals surface area contributed by atoms with Crippen molar-refractivity contribution in [2.24, 2.45) is 0 Å². The van der Waals surface area contributed by atoms with E-state index in [0.717, 1.165) is 66.5 Å². The summed E-state index contributed by atoms with van der Waals surface area (Å²) in [6.07, 6.45) is 4.03. The van der Waals surface area contributed by atoms with Crippen LogP contribution >= 0.6 is 0 Å². The van der Waals surface area contributed by atoms with Gasteiger partial charge < -0.3 is 19.1 Å². The van der Waals surface area contributed by atoms with Crippen LogP contribution in [0.1, 0.15) is 50.0 Å². The van der Waals surface area contributed by atoms with E-state index in [1.807, 2.05) is 19.3 Å². The van der Waals surface area contributed by atoms with Gasteiger partial charge in [-0.3, -0.25) is 0 Å². The SMILES string of the molecule is COCCN(C)c1nc(C2CCN(c3ccc(C)nn3)CC2)cc2c1ncn2C(C)C.